The molecule has 0 aromatic heterocycles. The predicted octanol–water partition coefficient (Wildman–Crippen LogP) is 6.23. The minimum Gasteiger partial charge on any atom is -0.495 e. The van der Waals surface area contributed by atoms with Crippen LogP contribution in [0.5, 0.6) is 5.75 Å². The molecule has 4 atom stereocenters. The van der Waals surface area contributed by atoms with Gasteiger partial charge in [0.15, 0.2) is 0 Å². The van der Waals surface area contributed by atoms with Crippen molar-refractivity contribution in [2.24, 2.45) is 11.1 Å². The maximum absolute atomic E-state index is 15.8. The van der Waals surface area contributed by atoms with Gasteiger partial charge in [-0.3, -0.25) is 4.79 Å². The average Bonchev–Trinajstić information content (AvgIpc) is 3.22. The fourth-order valence-electron chi connectivity index (χ4n) is 5.96. The minimum absolute atomic E-state index is 0.0171. The molecule has 1 heterocycles. The molecule has 218 valence electrons. The number of nitrogens with two attached hydrogens (primary N) is 1. The van der Waals surface area contributed by atoms with Crippen LogP contribution in [0.2, 0.25) is 10.0 Å². The van der Waals surface area contributed by atoms with Crippen LogP contribution in [0.15, 0.2) is 60.7 Å². The van der Waals surface area contributed by atoms with E-state index in [1.165, 1.54) is 31.4 Å². The summed E-state index contributed by atoms with van der Waals surface area (Å²) < 4.78 is 21.2. The Bertz CT molecular complexity index is 1440. The van der Waals surface area contributed by atoms with Gasteiger partial charge in [0.1, 0.15) is 11.6 Å². The summed E-state index contributed by atoms with van der Waals surface area (Å²) >= 11 is 12.4. The van der Waals surface area contributed by atoms with Gasteiger partial charge in [-0.1, -0.05) is 62.2 Å². The van der Waals surface area contributed by atoms with Gasteiger partial charge in [0.25, 0.3) is 0 Å². The Balaban J connectivity index is 1.89. The zero-order chi connectivity index (χ0) is 30.1. The highest BCUT2D eigenvalue weighted by Crippen LogP contribution is 2.52. The van der Waals surface area contributed by atoms with Crippen molar-refractivity contribution in [3.05, 3.63) is 93.2 Å². The number of carbonyl (C=O) groups excluding carboxylic acids is 1. The number of carboxylic acid groups (broad SMARTS) is 1. The highest BCUT2D eigenvalue weighted by Gasteiger charge is 2.59. The summed E-state index contributed by atoms with van der Waals surface area (Å²) in [6, 6.07) is 14.6. The topological polar surface area (TPSA) is 114 Å². The van der Waals surface area contributed by atoms with Crippen LogP contribution in [0.1, 0.15) is 54.6 Å². The second-order valence-electron chi connectivity index (χ2n) is 11.6. The van der Waals surface area contributed by atoms with E-state index in [2.05, 4.69) is 31.4 Å². The molecule has 1 aliphatic heterocycles. The van der Waals surface area contributed by atoms with Gasteiger partial charge in [-0.05, 0) is 65.4 Å². The number of nitrogens with one attached hydrogen (secondary N) is 2. The summed E-state index contributed by atoms with van der Waals surface area (Å²) in [6.45, 7) is 6.27. The van der Waals surface area contributed by atoms with Crippen molar-refractivity contribution in [1.82, 2.24) is 5.32 Å². The molecule has 7 nitrogen and oxygen atoms in total. The van der Waals surface area contributed by atoms with Crippen molar-refractivity contribution >= 4 is 40.8 Å². The Kier molecular flexibility index (Phi) is 8.99. The number of aromatic carboxylic acids is 1. The van der Waals surface area contributed by atoms with Crippen LogP contribution in [0.25, 0.3) is 0 Å². The normalized spacial score (nSPS) is 22.4. The summed E-state index contributed by atoms with van der Waals surface area (Å²) in [5, 5.41) is 16.6. The molecule has 0 bridgehead atoms. The molecule has 0 saturated carbocycles. The molecule has 5 N–H and O–H groups in total. The van der Waals surface area contributed by atoms with E-state index in [0.717, 1.165) is 5.56 Å². The third-order valence-corrected chi connectivity index (χ3v) is 8.18. The van der Waals surface area contributed by atoms with Gasteiger partial charge in [0, 0.05) is 34.0 Å². The number of carboxylic acids is 1. The number of hydrogen-bond donors (Lipinski definition) is 4. The van der Waals surface area contributed by atoms with E-state index in [-0.39, 0.29) is 28.3 Å². The SMILES string of the molecule is COc1cc(C(=O)O)ccc1NC(=O)[C@@H]1N[C@@H](CC(C)(C)C)[C@](CN)(c2ccc(Cl)cc2F)[C@H]1c1ccc(Cl)cc1. The molecule has 0 spiro atoms. The Morgan fingerprint density at radius 3 is 2.29 bits per heavy atom. The lowest BCUT2D eigenvalue weighted by Crippen LogP contribution is -2.50. The highest BCUT2D eigenvalue weighted by atomic mass is 35.5. The first kappa shape index (κ1) is 30.8. The largest absolute Gasteiger partial charge is 0.495 e. The lowest BCUT2D eigenvalue weighted by molar-refractivity contribution is -0.118. The van der Waals surface area contributed by atoms with Crippen molar-refractivity contribution < 1.29 is 23.8 Å². The summed E-state index contributed by atoms with van der Waals surface area (Å²) in [4.78, 5) is 25.6. The van der Waals surface area contributed by atoms with E-state index >= 15 is 4.39 Å². The van der Waals surface area contributed by atoms with E-state index in [4.69, 9.17) is 33.7 Å². The predicted molar refractivity (Wildman–Crippen MR) is 160 cm³/mol. The number of hydrogen-bond acceptors (Lipinski definition) is 5. The average molecular weight is 603 g/mol. The van der Waals surface area contributed by atoms with Crippen LogP contribution in [0.3, 0.4) is 0 Å². The zero-order valence-electron chi connectivity index (χ0n) is 23.3. The molecule has 1 saturated heterocycles. The molecular formula is C31H34Cl2FN3O4. The molecule has 4 rings (SSSR count). The van der Waals surface area contributed by atoms with Crippen LogP contribution in [0, 0.1) is 11.2 Å². The van der Waals surface area contributed by atoms with Crippen LogP contribution >= 0.6 is 23.2 Å². The second kappa shape index (κ2) is 12.0. The first-order valence-electron chi connectivity index (χ1n) is 13.2. The second-order valence-corrected chi connectivity index (χ2v) is 12.4. The van der Waals surface area contributed by atoms with Gasteiger partial charge in [0.2, 0.25) is 5.91 Å². The first-order chi connectivity index (χ1) is 19.3. The lowest BCUT2D eigenvalue weighted by atomic mass is 9.62. The number of rotatable bonds is 8. The monoisotopic (exact) mass is 601 g/mol. The summed E-state index contributed by atoms with van der Waals surface area (Å²) in [7, 11) is 1.39. The number of carbonyl (C=O) groups is 2. The number of methoxy groups -OCH3 is 1. The summed E-state index contributed by atoms with van der Waals surface area (Å²) in [6.07, 6.45) is 0.580. The third kappa shape index (κ3) is 6.21. The molecule has 0 radical (unpaired) electrons. The summed E-state index contributed by atoms with van der Waals surface area (Å²) in [5.74, 6) is -2.45. The van der Waals surface area contributed by atoms with Gasteiger partial charge >= 0.3 is 5.97 Å². The van der Waals surface area contributed by atoms with Gasteiger partial charge in [-0.25, -0.2) is 9.18 Å². The number of amides is 1. The van der Waals surface area contributed by atoms with E-state index in [9.17, 15) is 14.7 Å². The molecule has 3 aromatic rings. The fourth-order valence-corrected chi connectivity index (χ4v) is 6.24. The Labute approximate surface area is 249 Å². The van der Waals surface area contributed by atoms with Crippen LogP contribution in [-0.4, -0.2) is 42.7 Å². The number of halogens is 3. The van der Waals surface area contributed by atoms with E-state index in [0.29, 0.717) is 22.7 Å². The third-order valence-electron chi connectivity index (χ3n) is 7.70. The van der Waals surface area contributed by atoms with Gasteiger partial charge < -0.3 is 26.2 Å². The molecule has 3 aromatic carbocycles. The van der Waals surface area contributed by atoms with Crippen molar-refractivity contribution in [2.45, 2.75) is 50.6 Å². The Morgan fingerprint density at radius 2 is 1.73 bits per heavy atom. The minimum atomic E-state index is -1.12. The van der Waals surface area contributed by atoms with Crippen LogP contribution < -0.4 is 21.1 Å². The van der Waals surface area contributed by atoms with Crippen molar-refractivity contribution in [3.8, 4) is 5.75 Å². The molecule has 1 amide bonds. The van der Waals surface area contributed by atoms with Crippen molar-refractivity contribution in [3.63, 3.8) is 0 Å². The molecule has 41 heavy (non-hydrogen) atoms. The number of anilines is 1. The van der Waals surface area contributed by atoms with E-state index in [1.54, 1.807) is 24.3 Å². The molecule has 10 heteroatoms. The van der Waals surface area contributed by atoms with E-state index < -0.39 is 41.1 Å². The summed E-state index contributed by atoms with van der Waals surface area (Å²) in [5.41, 5.74) is 6.80. The number of ether oxygens (including phenoxy) is 1. The molecule has 1 fully saturated rings. The lowest BCUT2D eigenvalue weighted by Gasteiger charge is -2.42. The molecule has 0 unspecified atom stereocenters. The first-order valence-corrected chi connectivity index (χ1v) is 14.0. The standard InChI is InChI=1S/C31H34Cl2FN3O4/c1-30(2,3)15-25-31(16-35,21-11-10-20(33)14-22(21)34)26(17-5-8-19(32)9-6-17)27(37-25)28(38)36-23-12-7-18(29(39)40)13-24(23)41-4/h5-14,25-27,37H,15-16,35H2,1-4H3,(H,36,38)(H,39,40)/t25-,26-,27+,31-/m0/s1. The smallest absolute Gasteiger partial charge is 0.335 e. The zero-order valence-corrected chi connectivity index (χ0v) is 24.8. The quantitative estimate of drug-likeness (QED) is 0.243. The molecule has 0 aliphatic carbocycles. The fraction of sp³-hybridized carbons (Fsp3) is 0.355. The maximum atomic E-state index is 15.8. The van der Waals surface area contributed by atoms with Crippen LogP contribution in [-0.2, 0) is 10.2 Å². The van der Waals surface area contributed by atoms with Crippen molar-refractivity contribution in [1.29, 1.82) is 0 Å². The van der Waals surface area contributed by atoms with Gasteiger partial charge in [-0.2, -0.15) is 0 Å². The van der Waals surface area contributed by atoms with E-state index in [1.807, 2.05) is 12.1 Å². The highest BCUT2D eigenvalue weighted by molar-refractivity contribution is 6.30. The van der Waals surface area contributed by atoms with Crippen LogP contribution in [0.4, 0.5) is 10.1 Å². The van der Waals surface area contributed by atoms with Gasteiger partial charge in [-0.15, -0.1) is 0 Å². The van der Waals surface area contributed by atoms with Crippen molar-refractivity contribution in [2.75, 3.05) is 19.0 Å². The molecule has 1 aliphatic rings. The molecular weight excluding hydrogens is 568 g/mol. The number of benzene rings is 3. The Morgan fingerprint density at radius 1 is 1.07 bits per heavy atom. The maximum Gasteiger partial charge on any atom is 0.335 e. The Hall–Kier alpha value is -3.17. The van der Waals surface area contributed by atoms with Gasteiger partial charge in [0.05, 0.1) is 24.4 Å².